The van der Waals surface area contributed by atoms with Crippen molar-refractivity contribution in [3.8, 4) is 5.69 Å². The van der Waals surface area contributed by atoms with Crippen LogP contribution in [0.4, 0.5) is 5.82 Å². The van der Waals surface area contributed by atoms with Crippen molar-refractivity contribution in [2.75, 3.05) is 18.0 Å². The lowest BCUT2D eigenvalue weighted by Gasteiger charge is -2.16. The maximum Gasteiger partial charge on any atom is 0.360 e. The molecule has 1 aliphatic rings. The Morgan fingerprint density at radius 1 is 1.11 bits per heavy atom. The molecule has 1 N–H and O–H groups in total. The quantitative estimate of drug-likeness (QED) is 0.752. The maximum atomic E-state index is 11.8. The third-order valence-corrected chi connectivity index (χ3v) is 5.15. The molecule has 0 amide bonds. The van der Waals surface area contributed by atoms with Gasteiger partial charge in [-0.3, -0.25) is 0 Å². The number of nitrogens with zero attached hydrogens (tertiary/aromatic N) is 4. The number of carbonyl (C=O) groups is 1. The van der Waals surface area contributed by atoms with E-state index in [2.05, 4.69) is 29.3 Å². The van der Waals surface area contributed by atoms with Gasteiger partial charge >= 0.3 is 5.97 Å². The molecular formula is C21H22N4O2. The van der Waals surface area contributed by atoms with Gasteiger partial charge in [0.05, 0.1) is 5.69 Å². The van der Waals surface area contributed by atoms with Gasteiger partial charge in [-0.15, -0.1) is 15.0 Å². The Kier molecular flexibility index (Phi) is 4.62. The van der Waals surface area contributed by atoms with Crippen molar-refractivity contribution in [3.63, 3.8) is 0 Å². The average molecular weight is 362 g/mol. The standard InChI is InChI=1S/C21H22N4O2/c1-2-15-8-6-7-11-18(15)25-22-19(21(26)27)20(23-25)24-13-12-17(14-24)16-9-4-3-5-10-16/h3-11,17H,2,12-14H2,1H3,(H,26,27)/t17-/m1/s1. The minimum absolute atomic E-state index is 0.00891. The van der Waals surface area contributed by atoms with Gasteiger partial charge < -0.3 is 10.0 Å². The van der Waals surface area contributed by atoms with Crippen LogP contribution in [0.15, 0.2) is 54.6 Å². The van der Waals surface area contributed by atoms with Crippen LogP contribution < -0.4 is 4.90 Å². The van der Waals surface area contributed by atoms with Crippen LogP contribution in [0.5, 0.6) is 0 Å². The second-order valence-electron chi connectivity index (χ2n) is 6.79. The highest BCUT2D eigenvalue weighted by Crippen LogP contribution is 2.31. The van der Waals surface area contributed by atoms with Crippen LogP contribution >= 0.6 is 0 Å². The van der Waals surface area contributed by atoms with Gasteiger partial charge in [0.1, 0.15) is 0 Å². The summed E-state index contributed by atoms with van der Waals surface area (Å²) in [5.41, 5.74) is 3.20. The molecule has 0 saturated carbocycles. The van der Waals surface area contributed by atoms with Gasteiger partial charge in [-0.2, -0.15) is 0 Å². The molecule has 6 heteroatoms. The van der Waals surface area contributed by atoms with Gasteiger partial charge in [0.15, 0.2) is 5.82 Å². The predicted molar refractivity (Wildman–Crippen MR) is 104 cm³/mol. The Morgan fingerprint density at radius 2 is 1.85 bits per heavy atom. The first-order valence-corrected chi connectivity index (χ1v) is 9.26. The normalized spacial score (nSPS) is 16.6. The van der Waals surface area contributed by atoms with Crippen molar-refractivity contribution in [3.05, 3.63) is 71.4 Å². The second-order valence-corrected chi connectivity index (χ2v) is 6.79. The first-order valence-electron chi connectivity index (χ1n) is 9.26. The van der Waals surface area contributed by atoms with Gasteiger partial charge in [0.25, 0.3) is 0 Å². The van der Waals surface area contributed by atoms with E-state index in [9.17, 15) is 9.90 Å². The van der Waals surface area contributed by atoms with E-state index in [0.29, 0.717) is 11.7 Å². The van der Waals surface area contributed by atoms with Crippen LogP contribution in [0.25, 0.3) is 5.69 Å². The molecular weight excluding hydrogens is 340 g/mol. The van der Waals surface area contributed by atoms with Gasteiger partial charge in [0.2, 0.25) is 5.69 Å². The molecule has 0 aliphatic carbocycles. The van der Waals surface area contributed by atoms with Crippen molar-refractivity contribution < 1.29 is 9.90 Å². The van der Waals surface area contributed by atoms with Gasteiger partial charge in [-0.05, 0) is 30.0 Å². The van der Waals surface area contributed by atoms with Gasteiger partial charge in [-0.25, -0.2) is 4.79 Å². The lowest BCUT2D eigenvalue weighted by molar-refractivity contribution is 0.0690. The molecule has 6 nitrogen and oxygen atoms in total. The molecule has 0 unspecified atom stereocenters. The summed E-state index contributed by atoms with van der Waals surface area (Å²) < 4.78 is 0. The zero-order chi connectivity index (χ0) is 18.8. The van der Waals surface area contributed by atoms with E-state index >= 15 is 0 Å². The van der Waals surface area contributed by atoms with Crippen molar-refractivity contribution in [2.24, 2.45) is 0 Å². The summed E-state index contributed by atoms with van der Waals surface area (Å²) in [6.07, 6.45) is 1.80. The number of para-hydroxylation sites is 1. The fraction of sp³-hybridized carbons (Fsp3) is 0.286. The molecule has 1 fully saturated rings. The number of anilines is 1. The number of aromatic nitrogens is 3. The van der Waals surface area contributed by atoms with Crippen molar-refractivity contribution in [1.29, 1.82) is 0 Å². The van der Waals surface area contributed by atoms with Crippen molar-refractivity contribution in [2.45, 2.75) is 25.7 Å². The minimum Gasteiger partial charge on any atom is -0.476 e. The zero-order valence-corrected chi connectivity index (χ0v) is 15.2. The molecule has 1 aromatic heterocycles. The molecule has 4 rings (SSSR count). The Morgan fingerprint density at radius 3 is 2.59 bits per heavy atom. The van der Waals surface area contributed by atoms with E-state index in [1.807, 2.05) is 47.4 Å². The van der Waals surface area contributed by atoms with Crippen molar-refractivity contribution in [1.82, 2.24) is 15.0 Å². The van der Waals surface area contributed by atoms with Crippen LogP contribution in [0.1, 0.15) is 40.9 Å². The monoisotopic (exact) mass is 362 g/mol. The number of rotatable bonds is 5. The minimum atomic E-state index is -1.05. The highest BCUT2D eigenvalue weighted by molar-refractivity contribution is 5.91. The summed E-state index contributed by atoms with van der Waals surface area (Å²) in [6.45, 7) is 3.58. The molecule has 3 aromatic rings. The summed E-state index contributed by atoms with van der Waals surface area (Å²) in [6, 6.07) is 18.2. The SMILES string of the molecule is CCc1ccccc1-n1nc(C(=O)O)c(N2CC[C@@H](c3ccccc3)C2)n1. The lowest BCUT2D eigenvalue weighted by Crippen LogP contribution is -2.22. The Hall–Kier alpha value is -3.15. The van der Waals surface area contributed by atoms with Gasteiger partial charge in [0, 0.05) is 19.0 Å². The fourth-order valence-corrected chi connectivity index (χ4v) is 3.71. The smallest absolute Gasteiger partial charge is 0.360 e. The molecule has 0 bridgehead atoms. The molecule has 138 valence electrons. The summed E-state index contributed by atoms with van der Waals surface area (Å²) in [5, 5.41) is 18.5. The van der Waals surface area contributed by atoms with E-state index in [4.69, 9.17) is 0 Å². The lowest BCUT2D eigenvalue weighted by atomic mass is 9.99. The number of hydrogen-bond donors (Lipinski definition) is 1. The first-order chi connectivity index (χ1) is 13.2. The first kappa shape index (κ1) is 17.3. The fourth-order valence-electron chi connectivity index (χ4n) is 3.71. The third-order valence-electron chi connectivity index (χ3n) is 5.15. The second kappa shape index (κ2) is 7.23. The highest BCUT2D eigenvalue weighted by Gasteiger charge is 2.30. The summed E-state index contributed by atoms with van der Waals surface area (Å²) in [7, 11) is 0. The largest absolute Gasteiger partial charge is 0.476 e. The number of aryl methyl sites for hydroxylation is 1. The Labute approximate surface area is 158 Å². The van der Waals surface area contributed by atoms with E-state index in [-0.39, 0.29) is 5.69 Å². The number of carboxylic acids is 1. The molecule has 1 aliphatic heterocycles. The Bertz CT molecular complexity index is 952. The maximum absolute atomic E-state index is 11.8. The molecule has 0 spiro atoms. The molecule has 1 atom stereocenters. The van der Waals surface area contributed by atoms with Crippen molar-refractivity contribution >= 4 is 11.8 Å². The van der Waals surface area contributed by atoms with Gasteiger partial charge in [-0.1, -0.05) is 55.5 Å². The highest BCUT2D eigenvalue weighted by atomic mass is 16.4. The van der Waals surface area contributed by atoms with E-state index in [0.717, 1.165) is 37.2 Å². The van der Waals surface area contributed by atoms with Crippen LogP contribution in [0, 0.1) is 0 Å². The van der Waals surface area contributed by atoms with Crippen LogP contribution in [0.3, 0.4) is 0 Å². The average Bonchev–Trinajstić information content (AvgIpc) is 3.36. The molecule has 0 radical (unpaired) electrons. The topological polar surface area (TPSA) is 71.2 Å². The number of aromatic carboxylic acids is 1. The van der Waals surface area contributed by atoms with Crippen LogP contribution in [-0.2, 0) is 6.42 Å². The molecule has 2 aromatic carbocycles. The third kappa shape index (κ3) is 3.30. The molecule has 27 heavy (non-hydrogen) atoms. The van der Waals surface area contributed by atoms with E-state index < -0.39 is 5.97 Å². The molecule has 2 heterocycles. The number of hydrogen-bond acceptors (Lipinski definition) is 4. The number of carboxylic acid groups (broad SMARTS) is 1. The predicted octanol–water partition coefficient (Wildman–Crippen LogP) is 3.52. The number of benzene rings is 2. The summed E-state index contributed by atoms with van der Waals surface area (Å²) in [5.74, 6) is -0.221. The summed E-state index contributed by atoms with van der Waals surface area (Å²) in [4.78, 5) is 15.3. The van der Waals surface area contributed by atoms with Crippen LogP contribution in [-0.4, -0.2) is 39.2 Å². The molecule has 1 saturated heterocycles. The zero-order valence-electron chi connectivity index (χ0n) is 15.2. The summed E-state index contributed by atoms with van der Waals surface area (Å²) >= 11 is 0. The van der Waals surface area contributed by atoms with Crippen LogP contribution in [0.2, 0.25) is 0 Å². The van der Waals surface area contributed by atoms with E-state index in [1.54, 1.807) is 0 Å². The van der Waals surface area contributed by atoms with E-state index in [1.165, 1.54) is 10.4 Å². The Balaban J connectivity index is 1.67.